The Balaban J connectivity index is 2.03. The molecule has 0 spiro atoms. The van der Waals surface area contributed by atoms with Gasteiger partial charge in [-0.3, -0.25) is 9.59 Å². The van der Waals surface area contributed by atoms with E-state index in [0.717, 1.165) is 12.8 Å². The lowest BCUT2D eigenvalue weighted by Gasteiger charge is -2.07. The number of rotatable bonds is 5. The molecule has 1 fully saturated rings. The number of esters is 1. The number of benzene rings is 1. The molecule has 124 valence electrons. The lowest BCUT2D eigenvalue weighted by Crippen LogP contribution is -2.15. The summed E-state index contributed by atoms with van der Waals surface area (Å²) in [4.78, 5) is 36.1. The summed E-state index contributed by atoms with van der Waals surface area (Å²) in [5.74, 6) is -0.140. The van der Waals surface area contributed by atoms with Crippen LogP contribution in [0.3, 0.4) is 0 Å². The summed E-state index contributed by atoms with van der Waals surface area (Å²) in [5, 5.41) is 0.406. The standard InChI is InChI=1S/C19H18O5/c1-11-8-17(21)15-5-3-4-14(18(15)24-11)9-16(12(2)20)19(22)23-10-13-6-7-13/h3-5,8-9,13H,6-7,10H2,1-2H3. The van der Waals surface area contributed by atoms with Crippen LogP contribution in [0.15, 0.2) is 39.1 Å². The first-order valence-corrected chi connectivity index (χ1v) is 7.89. The average Bonchev–Trinajstić information content (AvgIpc) is 3.34. The van der Waals surface area contributed by atoms with Crippen molar-refractivity contribution in [3.8, 4) is 0 Å². The molecule has 0 amide bonds. The Morgan fingerprint density at radius 3 is 2.75 bits per heavy atom. The van der Waals surface area contributed by atoms with Crippen LogP contribution >= 0.6 is 0 Å². The van der Waals surface area contributed by atoms with Crippen LogP contribution in [0.2, 0.25) is 0 Å². The number of aryl methyl sites for hydroxylation is 1. The van der Waals surface area contributed by atoms with Crippen molar-refractivity contribution in [2.75, 3.05) is 6.61 Å². The third kappa shape index (κ3) is 3.45. The predicted molar refractivity (Wildman–Crippen MR) is 89.6 cm³/mol. The molecule has 1 saturated carbocycles. The molecule has 0 N–H and O–H groups in total. The molecule has 1 heterocycles. The van der Waals surface area contributed by atoms with Gasteiger partial charge in [-0.2, -0.15) is 0 Å². The fourth-order valence-electron chi connectivity index (χ4n) is 2.44. The zero-order valence-corrected chi connectivity index (χ0v) is 13.6. The van der Waals surface area contributed by atoms with Gasteiger partial charge >= 0.3 is 5.97 Å². The van der Waals surface area contributed by atoms with Crippen molar-refractivity contribution in [1.82, 2.24) is 0 Å². The monoisotopic (exact) mass is 326 g/mol. The van der Waals surface area contributed by atoms with Gasteiger partial charge in [-0.05, 0) is 44.7 Å². The molecule has 1 aliphatic rings. The normalized spacial score (nSPS) is 14.7. The van der Waals surface area contributed by atoms with Crippen LogP contribution in [0, 0.1) is 12.8 Å². The van der Waals surface area contributed by atoms with E-state index in [1.165, 1.54) is 19.1 Å². The van der Waals surface area contributed by atoms with Crippen LogP contribution in [0.1, 0.15) is 31.1 Å². The van der Waals surface area contributed by atoms with Crippen LogP contribution in [0.25, 0.3) is 17.0 Å². The van der Waals surface area contributed by atoms with E-state index >= 15 is 0 Å². The largest absolute Gasteiger partial charge is 0.462 e. The van der Waals surface area contributed by atoms with E-state index in [1.807, 2.05) is 0 Å². The summed E-state index contributed by atoms with van der Waals surface area (Å²) in [6.07, 6.45) is 3.54. The van der Waals surface area contributed by atoms with E-state index in [1.54, 1.807) is 25.1 Å². The Morgan fingerprint density at radius 1 is 1.33 bits per heavy atom. The minimum Gasteiger partial charge on any atom is -0.462 e. The molecule has 2 aromatic rings. The molecule has 1 aliphatic carbocycles. The number of fused-ring (bicyclic) bond motifs is 1. The molecule has 0 saturated heterocycles. The van der Waals surface area contributed by atoms with Gasteiger partial charge in [0.15, 0.2) is 11.2 Å². The van der Waals surface area contributed by atoms with Crippen molar-refractivity contribution in [3.05, 3.63) is 51.4 Å². The van der Waals surface area contributed by atoms with E-state index in [9.17, 15) is 14.4 Å². The molecular formula is C19H18O5. The highest BCUT2D eigenvalue weighted by Crippen LogP contribution is 2.29. The highest BCUT2D eigenvalue weighted by Gasteiger charge is 2.25. The summed E-state index contributed by atoms with van der Waals surface area (Å²) >= 11 is 0. The Hall–Kier alpha value is -2.69. The summed E-state index contributed by atoms with van der Waals surface area (Å²) in [5.41, 5.74) is 0.648. The minimum absolute atomic E-state index is 0.0488. The molecule has 0 unspecified atom stereocenters. The molecule has 1 aromatic heterocycles. The lowest BCUT2D eigenvalue weighted by molar-refractivity contribution is -0.140. The first-order chi connectivity index (χ1) is 11.5. The quantitative estimate of drug-likeness (QED) is 0.365. The highest BCUT2D eigenvalue weighted by molar-refractivity contribution is 6.20. The second-order valence-corrected chi connectivity index (χ2v) is 6.10. The average molecular weight is 326 g/mol. The van der Waals surface area contributed by atoms with E-state index < -0.39 is 5.97 Å². The maximum atomic E-state index is 12.2. The molecule has 0 atom stereocenters. The van der Waals surface area contributed by atoms with E-state index in [2.05, 4.69) is 0 Å². The van der Waals surface area contributed by atoms with Crippen LogP contribution in [0.5, 0.6) is 0 Å². The van der Waals surface area contributed by atoms with E-state index in [4.69, 9.17) is 9.15 Å². The first kappa shape index (κ1) is 16.2. The third-order valence-corrected chi connectivity index (χ3v) is 3.95. The SMILES string of the molecule is CC(=O)C(=Cc1cccc2c(=O)cc(C)oc12)C(=O)OCC1CC1. The second-order valence-electron chi connectivity index (χ2n) is 6.10. The van der Waals surface area contributed by atoms with Crippen molar-refractivity contribution < 1.29 is 18.7 Å². The summed E-state index contributed by atoms with van der Waals surface area (Å²) in [7, 11) is 0. The Morgan fingerprint density at radius 2 is 2.08 bits per heavy atom. The molecule has 0 bridgehead atoms. The minimum atomic E-state index is -0.638. The van der Waals surface area contributed by atoms with Crippen molar-refractivity contribution >= 4 is 28.8 Å². The van der Waals surface area contributed by atoms with Gasteiger partial charge in [0.1, 0.15) is 16.9 Å². The zero-order chi connectivity index (χ0) is 17.3. The van der Waals surface area contributed by atoms with Crippen LogP contribution in [-0.2, 0) is 14.3 Å². The fraction of sp³-hybridized carbons (Fsp3) is 0.316. The number of ether oxygens (including phenoxy) is 1. The van der Waals surface area contributed by atoms with Crippen molar-refractivity contribution in [1.29, 1.82) is 0 Å². The molecule has 5 heteroatoms. The molecular weight excluding hydrogens is 308 g/mol. The second kappa shape index (κ2) is 6.43. The van der Waals surface area contributed by atoms with Gasteiger partial charge in [0.2, 0.25) is 0 Å². The number of hydrogen-bond acceptors (Lipinski definition) is 5. The van der Waals surface area contributed by atoms with Gasteiger partial charge in [0.05, 0.1) is 12.0 Å². The maximum absolute atomic E-state index is 12.2. The smallest absolute Gasteiger partial charge is 0.341 e. The predicted octanol–water partition coefficient (Wildman–Crippen LogP) is 3.03. The van der Waals surface area contributed by atoms with Crippen molar-refractivity contribution in [2.45, 2.75) is 26.7 Å². The zero-order valence-electron chi connectivity index (χ0n) is 13.6. The van der Waals surface area contributed by atoms with Crippen molar-refractivity contribution in [3.63, 3.8) is 0 Å². The Labute approximate surface area is 138 Å². The van der Waals surface area contributed by atoms with E-state index in [-0.39, 0.29) is 16.8 Å². The molecule has 3 rings (SSSR count). The lowest BCUT2D eigenvalue weighted by atomic mass is 10.1. The molecule has 5 nitrogen and oxygen atoms in total. The number of para-hydroxylation sites is 1. The van der Waals surface area contributed by atoms with Crippen molar-refractivity contribution in [2.24, 2.45) is 5.92 Å². The van der Waals surface area contributed by atoms with Gasteiger partial charge in [0, 0.05) is 11.6 Å². The number of Topliss-reactive ketones (excluding diaryl/α,β-unsaturated/α-hetero) is 1. The van der Waals surface area contributed by atoms with Gasteiger partial charge < -0.3 is 9.15 Å². The van der Waals surface area contributed by atoms with Gasteiger partial charge in [0.25, 0.3) is 0 Å². The number of hydrogen-bond donors (Lipinski definition) is 0. The van der Waals surface area contributed by atoms with E-state index in [0.29, 0.717) is 34.8 Å². The van der Waals surface area contributed by atoms with Crippen LogP contribution < -0.4 is 5.43 Å². The molecule has 0 radical (unpaired) electrons. The van der Waals surface area contributed by atoms with Gasteiger partial charge in [-0.1, -0.05) is 12.1 Å². The highest BCUT2D eigenvalue weighted by atomic mass is 16.5. The number of ketones is 1. The topological polar surface area (TPSA) is 73.6 Å². The molecule has 1 aromatic carbocycles. The first-order valence-electron chi connectivity index (χ1n) is 7.89. The van der Waals surface area contributed by atoms with Crippen LogP contribution in [-0.4, -0.2) is 18.4 Å². The number of carbonyl (C=O) groups is 2. The van der Waals surface area contributed by atoms with Gasteiger partial charge in [-0.15, -0.1) is 0 Å². The summed E-state index contributed by atoms with van der Waals surface area (Å²) < 4.78 is 10.8. The molecule has 24 heavy (non-hydrogen) atoms. The van der Waals surface area contributed by atoms with Crippen LogP contribution in [0.4, 0.5) is 0 Å². The van der Waals surface area contributed by atoms with Gasteiger partial charge in [-0.25, -0.2) is 4.79 Å². The molecule has 0 aliphatic heterocycles. The third-order valence-electron chi connectivity index (χ3n) is 3.95. The summed E-state index contributed by atoms with van der Waals surface area (Å²) in [6.45, 7) is 3.33. The number of carbonyl (C=O) groups excluding carboxylic acids is 2. The fourth-order valence-corrected chi connectivity index (χ4v) is 2.44. The summed E-state index contributed by atoms with van der Waals surface area (Å²) in [6, 6.07) is 6.44. The Bertz CT molecular complexity index is 900. The maximum Gasteiger partial charge on any atom is 0.341 e. The Kier molecular flexibility index (Phi) is 4.34.